The summed E-state index contributed by atoms with van der Waals surface area (Å²) in [6.45, 7) is 10.6. The summed E-state index contributed by atoms with van der Waals surface area (Å²) in [7, 11) is -3.71. The molecule has 0 bridgehead atoms. The molecule has 1 amide bonds. The monoisotopic (exact) mass is 565 g/mol. The van der Waals surface area contributed by atoms with Crippen LogP contribution in [0.25, 0.3) is 10.2 Å². The average molecular weight is 566 g/mol. The summed E-state index contributed by atoms with van der Waals surface area (Å²) in [6.07, 6.45) is 0. The Morgan fingerprint density at radius 3 is 2.24 bits per heavy atom. The molecule has 0 saturated heterocycles. The van der Waals surface area contributed by atoms with E-state index in [1.54, 1.807) is 29.7 Å². The van der Waals surface area contributed by atoms with Gasteiger partial charge in [-0.1, -0.05) is 50.6 Å². The number of ether oxygens (including phenoxy) is 1. The van der Waals surface area contributed by atoms with E-state index in [4.69, 9.17) is 16.3 Å². The second kappa shape index (κ2) is 12.3. The minimum absolute atomic E-state index is 0.111. The normalized spacial score (nSPS) is 12.7. The van der Waals surface area contributed by atoms with Crippen LogP contribution in [0.2, 0.25) is 5.02 Å². The van der Waals surface area contributed by atoms with Crippen molar-refractivity contribution < 1.29 is 22.7 Å². The molecular weight excluding hydrogens is 534 g/mol. The summed E-state index contributed by atoms with van der Waals surface area (Å²) in [6, 6.07) is 11.0. The van der Waals surface area contributed by atoms with Gasteiger partial charge in [0.05, 0.1) is 21.7 Å². The van der Waals surface area contributed by atoms with Gasteiger partial charge in [-0.15, -0.1) is 0 Å². The molecule has 8 nitrogen and oxygen atoms in total. The van der Waals surface area contributed by atoms with Crippen LogP contribution < -0.4 is 4.80 Å². The first-order chi connectivity index (χ1) is 17.4. The van der Waals surface area contributed by atoms with Crippen molar-refractivity contribution in [2.45, 2.75) is 46.1 Å². The molecule has 11 heteroatoms. The lowest BCUT2D eigenvalue weighted by Crippen LogP contribution is -2.37. The summed E-state index contributed by atoms with van der Waals surface area (Å²) in [4.78, 5) is 29.9. The Bertz CT molecular complexity index is 1430. The number of benzene rings is 2. The molecule has 0 spiro atoms. The van der Waals surface area contributed by atoms with Crippen LogP contribution in [0.3, 0.4) is 0 Å². The highest BCUT2D eigenvalue weighted by Crippen LogP contribution is 2.23. The topological polar surface area (TPSA) is 98.0 Å². The van der Waals surface area contributed by atoms with Crippen molar-refractivity contribution in [3.05, 3.63) is 57.9 Å². The van der Waals surface area contributed by atoms with Crippen molar-refractivity contribution in [3.8, 4) is 0 Å². The average Bonchev–Trinajstić information content (AvgIpc) is 3.13. The van der Waals surface area contributed by atoms with Crippen LogP contribution in [-0.4, -0.2) is 48.9 Å². The van der Waals surface area contributed by atoms with E-state index in [2.05, 4.69) is 4.99 Å². The number of rotatable bonds is 10. The van der Waals surface area contributed by atoms with Crippen LogP contribution >= 0.6 is 22.9 Å². The van der Waals surface area contributed by atoms with Gasteiger partial charge in [-0.2, -0.15) is 9.30 Å². The van der Waals surface area contributed by atoms with Crippen LogP contribution in [0.4, 0.5) is 0 Å². The zero-order chi connectivity index (χ0) is 27.3. The molecule has 1 aromatic heterocycles. The number of amides is 1. The standard InChI is InChI=1S/C26H32ClN3O5S2/c1-6-35-24(31)16-30-22-12-9-20(27)13-23(22)36-26(30)28-25(32)19-7-10-21(11-8-19)37(33,34)29(14-17(2)3)15-18(4)5/h7-13,17-18H,6,14-16H2,1-5H3. The molecule has 0 atom stereocenters. The third-order valence-corrected chi connectivity index (χ3v) is 8.43. The van der Waals surface area contributed by atoms with Gasteiger partial charge in [-0.05, 0) is 61.2 Å². The van der Waals surface area contributed by atoms with Gasteiger partial charge in [0.1, 0.15) is 6.54 Å². The Morgan fingerprint density at radius 2 is 1.68 bits per heavy atom. The molecule has 0 aliphatic rings. The smallest absolute Gasteiger partial charge is 0.326 e. The number of sulfonamides is 1. The second-order valence-electron chi connectivity index (χ2n) is 9.44. The third-order valence-electron chi connectivity index (χ3n) is 5.31. The zero-order valence-corrected chi connectivity index (χ0v) is 24.0. The van der Waals surface area contributed by atoms with Crippen molar-refractivity contribution in [2.24, 2.45) is 16.8 Å². The van der Waals surface area contributed by atoms with Crippen LogP contribution in [0.1, 0.15) is 45.0 Å². The minimum atomic E-state index is -3.71. The maximum Gasteiger partial charge on any atom is 0.326 e. The van der Waals surface area contributed by atoms with E-state index in [9.17, 15) is 18.0 Å². The van der Waals surface area contributed by atoms with Crippen LogP contribution in [-0.2, 0) is 26.1 Å². The van der Waals surface area contributed by atoms with Crippen molar-refractivity contribution >= 4 is 55.1 Å². The molecule has 0 aliphatic carbocycles. The van der Waals surface area contributed by atoms with Gasteiger partial charge in [-0.25, -0.2) is 8.42 Å². The fourth-order valence-corrected chi connectivity index (χ4v) is 6.85. The first-order valence-corrected chi connectivity index (χ1v) is 14.7. The Kier molecular flexibility index (Phi) is 9.68. The number of carbonyl (C=O) groups excluding carboxylic acids is 2. The molecule has 37 heavy (non-hydrogen) atoms. The number of aromatic nitrogens is 1. The predicted molar refractivity (Wildman–Crippen MR) is 146 cm³/mol. The fraction of sp³-hybridized carbons (Fsp3) is 0.423. The summed E-state index contributed by atoms with van der Waals surface area (Å²) < 4.78 is 35.5. The molecule has 200 valence electrons. The van der Waals surface area contributed by atoms with Crippen molar-refractivity contribution in [1.29, 1.82) is 0 Å². The summed E-state index contributed by atoms with van der Waals surface area (Å²) >= 11 is 7.35. The summed E-state index contributed by atoms with van der Waals surface area (Å²) in [5.74, 6) is -0.662. The molecular formula is C26H32ClN3O5S2. The predicted octanol–water partition coefficient (Wildman–Crippen LogP) is 4.96. The quantitative estimate of drug-likeness (QED) is 0.323. The van der Waals surface area contributed by atoms with Gasteiger partial charge in [0.2, 0.25) is 10.0 Å². The van der Waals surface area contributed by atoms with Crippen molar-refractivity contribution in [1.82, 2.24) is 8.87 Å². The lowest BCUT2D eigenvalue weighted by atomic mass is 10.2. The Hall–Kier alpha value is -2.53. The number of hydrogen-bond acceptors (Lipinski definition) is 6. The molecule has 0 saturated carbocycles. The molecule has 0 radical (unpaired) electrons. The van der Waals surface area contributed by atoms with E-state index >= 15 is 0 Å². The van der Waals surface area contributed by atoms with E-state index in [-0.39, 0.29) is 35.4 Å². The first kappa shape index (κ1) is 29.0. The third kappa shape index (κ3) is 7.28. The molecule has 0 aliphatic heterocycles. The highest BCUT2D eigenvalue weighted by molar-refractivity contribution is 7.89. The SMILES string of the molecule is CCOC(=O)Cn1c(=NC(=O)c2ccc(S(=O)(=O)N(CC(C)C)CC(C)C)cc2)sc2cc(Cl)ccc21. The second-order valence-corrected chi connectivity index (χ2v) is 12.8. The van der Waals surface area contributed by atoms with E-state index < -0.39 is 21.9 Å². The largest absolute Gasteiger partial charge is 0.465 e. The van der Waals surface area contributed by atoms with Crippen LogP contribution in [0, 0.1) is 11.8 Å². The molecule has 1 heterocycles. The number of hydrogen-bond donors (Lipinski definition) is 0. The summed E-state index contributed by atoms with van der Waals surface area (Å²) in [5.41, 5.74) is 0.933. The van der Waals surface area contributed by atoms with Crippen molar-refractivity contribution in [2.75, 3.05) is 19.7 Å². The lowest BCUT2D eigenvalue weighted by Gasteiger charge is -2.25. The van der Waals surface area contributed by atoms with E-state index in [0.29, 0.717) is 28.4 Å². The highest BCUT2D eigenvalue weighted by Gasteiger charge is 2.26. The van der Waals surface area contributed by atoms with Crippen molar-refractivity contribution in [3.63, 3.8) is 0 Å². The Labute approximate surface area is 226 Å². The molecule has 3 rings (SSSR count). The number of esters is 1. The summed E-state index contributed by atoms with van der Waals surface area (Å²) in [5, 5.41) is 0.524. The van der Waals surface area contributed by atoms with Gasteiger partial charge in [0.15, 0.2) is 4.80 Å². The van der Waals surface area contributed by atoms with Crippen LogP contribution in [0.5, 0.6) is 0 Å². The minimum Gasteiger partial charge on any atom is -0.465 e. The Balaban J connectivity index is 1.96. The fourth-order valence-electron chi connectivity index (χ4n) is 3.78. The van der Waals surface area contributed by atoms with E-state index in [1.165, 1.54) is 39.9 Å². The van der Waals surface area contributed by atoms with E-state index in [0.717, 1.165) is 4.70 Å². The molecule has 0 fully saturated rings. The number of carbonyl (C=O) groups is 2. The number of fused-ring (bicyclic) bond motifs is 1. The Morgan fingerprint density at radius 1 is 1.05 bits per heavy atom. The first-order valence-electron chi connectivity index (χ1n) is 12.1. The van der Waals surface area contributed by atoms with Gasteiger partial charge < -0.3 is 9.30 Å². The lowest BCUT2D eigenvalue weighted by molar-refractivity contribution is -0.143. The molecule has 0 N–H and O–H groups in total. The van der Waals surface area contributed by atoms with Gasteiger partial charge in [0.25, 0.3) is 5.91 Å². The highest BCUT2D eigenvalue weighted by atomic mass is 35.5. The van der Waals surface area contributed by atoms with Gasteiger partial charge in [-0.3, -0.25) is 9.59 Å². The number of nitrogens with zero attached hydrogens (tertiary/aromatic N) is 3. The van der Waals surface area contributed by atoms with Gasteiger partial charge in [0, 0.05) is 23.7 Å². The molecule has 2 aromatic carbocycles. The number of thiazole rings is 1. The maximum atomic E-state index is 13.3. The molecule has 3 aromatic rings. The number of halogens is 1. The molecule has 0 unspecified atom stereocenters. The van der Waals surface area contributed by atoms with E-state index in [1.807, 2.05) is 27.7 Å². The maximum absolute atomic E-state index is 13.3. The van der Waals surface area contributed by atoms with Gasteiger partial charge >= 0.3 is 5.97 Å². The van der Waals surface area contributed by atoms with Crippen LogP contribution in [0.15, 0.2) is 52.4 Å². The zero-order valence-electron chi connectivity index (χ0n) is 21.6.